The normalized spacial score (nSPS) is 20.4. The Bertz CT molecular complexity index is 1170. The first-order valence-corrected chi connectivity index (χ1v) is 12.3. The number of amides is 2. The highest BCUT2D eigenvalue weighted by Crippen LogP contribution is 2.38. The maximum atomic E-state index is 13.8. The average molecular weight is 508 g/mol. The van der Waals surface area contributed by atoms with Crippen molar-refractivity contribution in [1.82, 2.24) is 20.2 Å². The monoisotopic (exact) mass is 507 g/mol. The number of aliphatic carboxylic acids is 1. The minimum absolute atomic E-state index is 0.0248. The zero-order chi connectivity index (χ0) is 26.6. The largest absolute Gasteiger partial charge is 0.480 e. The molecule has 196 valence electrons. The Hall–Kier alpha value is -3.63. The Kier molecular flexibility index (Phi) is 7.70. The molecule has 1 saturated heterocycles. The summed E-state index contributed by atoms with van der Waals surface area (Å²) < 4.78 is 5.85. The van der Waals surface area contributed by atoms with Gasteiger partial charge in [0.2, 0.25) is 5.91 Å². The van der Waals surface area contributed by atoms with Crippen LogP contribution in [0.5, 0.6) is 0 Å². The number of nitrogens with one attached hydrogen (secondary N) is 1. The molecular weight excluding hydrogens is 474 g/mol. The number of carbonyl (C=O) groups is 3. The van der Waals surface area contributed by atoms with E-state index in [-0.39, 0.29) is 31.6 Å². The molecule has 37 heavy (non-hydrogen) atoms. The number of ether oxygens (including phenoxy) is 1. The lowest BCUT2D eigenvalue weighted by Gasteiger charge is -2.41. The van der Waals surface area contributed by atoms with Gasteiger partial charge < -0.3 is 14.7 Å². The quantitative estimate of drug-likeness (QED) is 0.502. The van der Waals surface area contributed by atoms with Crippen molar-refractivity contribution in [3.05, 3.63) is 66.0 Å². The third-order valence-electron chi connectivity index (χ3n) is 6.89. The van der Waals surface area contributed by atoms with E-state index in [2.05, 4.69) is 15.4 Å². The van der Waals surface area contributed by atoms with E-state index >= 15 is 0 Å². The van der Waals surface area contributed by atoms with Gasteiger partial charge in [-0.2, -0.15) is 5.10 Å². The van der Waals surface area contributed by atoms with Crippen molar-refractivity contribution >= 4 is 23.5 Å². The highest BCUT2D eigenvalue weighted by Gasteiger charge is 2.54. The van der Waals surface area contributed by atoms with Crippen molar-refractivity contribution in [2.75, 3.05) is 26.7 Å². The lowest BCUT2D eigenvalue weighted by molar-refractivity contribution is -0.146. The molecule has 2 atom stereocenters. The number of piperidine rings is 1. The van der Waals surface area contributed by atoms with Crippen LogP contribution in [0.1, 0.15) is 31.5 Å². The Labute approximate surface area is 216 Å². The van der Waals surface area contributed by atoms with E-state index in [0.717, 1.165) is 17.0 Å². The SMILES string of the molecule is CN1N=C2CCN(C(=O)[C@@H](COCc3ccccc3)NC(C)(C)C(=O)O)C[C@]2(Cc2ccccn2)C1=O. The molecule has 0 aliphatic carbocycles. The van der Waals surface area contributed by atoms with Gasteiger partial charge in [-0.1, -0.05) is 36.4 Å². The molecule has 10 heteroatoms. The number of hydrazone groups is 1. The Morgan fingerprint density at radius 3 is 2.59 bits per heavy atom. The summed E-state index contributed by atoms with van der Waals surface area (Å²) in [5.74, 6) is -1.58. The first-order valence-electron chi connectivity index (χ1n) is 12.3. The molecule has 2 aromatic rings. The summed E-state index contributed by atoms with van der Waals surface area (Å²) in [7, 11) is 1.62. The molecular formula is C27H33N5O5. The van der Waals surface area contributed by atoms with Gasteiger partial charge in [-0.25, -0.2) is 5.01 Å². The molecule has 1 aromatic heterocycles. The van der Waals surface area contributed by atoms with Gasteiger partial charge in [0.25, 0.3) is 5.91 Å². The zero-order valence-electron chi connectivity index (χ0n) is 21.4. The van der Waals surface area contributed by atoms with Crippen LogP contribution in [0, 0.1) is 5.41 Å². The fourth-order valence-corrected chi connectivity index (χ4v) is 4.84. The molecule has 0 unspecified atom stereocenters. The van der Waals surface area contributed by atoms with Gasteiger partial charge in [0.15, 0.2) is 0 Å². The summed E-state index contributed by atoms with van der Waals surface area (Å²) in [6.07, 6.45) is 2.44. The van der Waals surface area contributed by atoms with Gasteiger partial charge in [0.05, 0.1) is 18.9 Å². The Balaban J connectivity index is 1.55. The first kappa shape index (κ1) is 26.4. The van der Waals surface area contributed by atoms with Gasteiger partial charge >= 0.3 is 5.97 Å². The van der Waals surface area contributed by atoms with Crippen LogP contribution in [-0.4, -0.2) is 81.8 Å². The third kappa shape index (κ3) is 5.70. The Morgan fingerprint density at radius 1 is 1.19 bits per heavy atom. The second kappa shape index (κ2) is 10.8. The molecule has 2 N–H and O–H groups in total. The number of hydrogen-bond acceptors (Lipinski definition) is 7. The highest BCUT2D eigenvalue weighted by molar-refractivity contribution is 6.13. The number of likely N-dealkylation sites (tertiary alicyclic amines) is 1. The highest BCUT2D eigenvalue weighted by atomic mass is 16.5. The zero-order valence-corrected chi connectivity index (χ0v) is 21.4. The van der Waals surface area contributed by atoms with Gasteiger partial charge in [-0.15, -0.1) is 0 Å². The van der Waals surface area contributed by atoms with Crippen molar-refractivity contribution in [2.45, 2.75) is 44.9 Å². The van der Waals surface area contributed by atoms with Crippen LogP contribution in [0.4, 0.5) is 0 Å². The summed E-state index contributed by atoms with van der Waals surface area (Å²) in [5, 5.41) is 18.5. The molecule has 0 spiro atoms. The van der Waals surface area contributed by atoms with E-state index in [0.29, 0.717) is 19.4 Å². The summed E-state index contributed by atoms with van der Waals surface area (Å²) in [6.45, 7) is 3.77. The van der Waals surface area contributed by atoms with Crippen LogP contribution in [0.2, 0.25) is 0 Å². The van der Waals surface area contributed by atoms with E-state index in [1.54, 1.807) is 18.1 Å². The number of rotatable bonds is 10. The number of nitrogens with zero attached hydrogens (tertiary/aromatic N) is 4. The summed E-state index contributed by atoms with van der Waals surface area (Å²) in [6, 6.07) is 14.1. The van der Waals surface area contributed by atoms with Crippen LogP contribution >= 0.6 is 0 Å². The van der Waals surface area contributed by atoms with E-state index in [1.807, 2.05) is 48.5 Å². The van der Waals surface area contributed by atoms with Crippen LogP contribution in [0.3, 0.4) is 0 Å². The van der Waals surface area contributed by atoms with Crippen molar-refractivity contribution in [3.8, 4) is 0 Å². The molecule has 2 aliphatic rings. The van der Waals surface area contributed by atoms with Crippen LogP contribution in [0.25, 0.3) is 0 Å². The summed E-state index contributed by atoms with van der Waals surface area (Å²) >= 11 is 0. The van der Waals surface area contributed by atoms with Crippen LogP contribution in [0.15, 0.2) is 59.8 Å². The molecule has 3 heterocycles. The van der Waals surface area contributed by atoms with Gasteiger partial charge in [-0.05, 0) is 31.5 Å². The number of hydrogen-bond donors (Lipinski definition) is 2. The second-order valence-corrected chi connectivity index (χ2v) is 10.1. The predicted octanol–water partition coefficient (Wildman–Crippen LogP) is 1.71. The number of carboxylic acid groups (broad SMARTS) is 1. The van der Waals surface area contributed by atoms with E-state index in [4.69, 9.17) is 4.74 Å². The molecule has 4 rings (SSSR count). The number of pyridine rings is 1. The molecule has 1 aromatic carbocycles. The first-order chi connectivity index (χ1) is 17.6. The lowest BCUT2D eigenvalue weighted by atomic mass is 9.74. The molecule has 10 nitrogen and oxygen atoms in total. The number of fused-ring (bicyclic) bond motifs is 1. The molecule has 1 fully saturated rings. The van der Waals surface area contributed by atoms with Crippen LogP contribution in [-0.2, 0) is 32.1 Å². The average Bonchev–Trinajstić information content (AvgIpc) is 3.13. The predicted molar refractivity (Wildman–Crippen MR) is 137 cm³/mol. The summed E-state index contributed by atoms with van der Waals surface area (Å²) in [5.41, 5.74) is 0.0493. The molecule has 0 radical (unpaired) electrons. The number of aromatic nitrogens is 1. The van der Waals surface area contributed by atoms with E-state index < -0.39 is 23.0 Å². The number of benzene rings is 1. The van der Waals surface area contributed by atoms with Crippen LogP contribution < -0.4 is 5.32 Å². The minimum atomic E-state index is -1.37. The molecule has 0 saturated carbocycles. The topological polar surface area (TPSA) is 124 Å². The molecule has 0 bridgehead atoms. The van der Waals surface area contributed by atoms with E-state index in [9.17, 15) is 19.5 Å². The van der Waals surface area contributed by atoms with Crippen molar-refractivity contribution in [1.29, 1.82) is 0 Å². The Morgan fingerprint density at radius 2 is 1.92 bits per heavy atom. The van der Waals surface area contributed by atoms with E-state index in [1.165, 1.54) is 18.9 Å². The smallest absolute Gasteiger partial charge is 0.323 e. The standard InChI is InChI=1S/C27H33N5O5/c1-26(2,25(35)36)29-21(17-37-16-19-9-5-4-6-10-19)23(33)32-14-12-22-27(18-32,24(34)31(3)30-22)15-20-11-7-8-13-28-20/h4-11,13,21,29H,12,14-18H2,1-3H3,(H,35,36)/t21-,27+/m1/s1. The molecule has 2 amide bonds. The molecule has 2 aliphatic heterocycles. The third-order valence-corrected chi connectivity index (χ3v) is 6.89. The fraction of sp³-hybridized carbons (Fsp3) is 0.444. The van der Waals surface area contributed by atoms with Crippen molar-refractivity contribution in [2.24, 2.45) is 10.5 Å². The summed E-state index contributed by atoms with van der Waals surface area (Å²) in [4.78, 5) is 45.1. The van der Waals surface area contributed by atoms with Gasteiger partial charge in [0, 0.05) is 44.9 Å². The number of carbonyl (C=O) groups excluding carboxylic acids is 2. The van der Waals surface area contributed by atoms with Gasteiger partial charge in [-0.3, -0.25) is 24.7 Å². The maximum Gasteiger partial charge on any atom is 0.323 e. The second-order valence-electron chi connectivity index (χ2n) is 10.1. The number of carboxylic acids is 1. The minimum Gasteiger partial charge on any atom is -0.480 e. The maximum absolute atomic E-state index is 13.8. The van der Waals surface area contributed by atoms with Gasteiger partial charge in [0.1, 0.15) is 17.0 Å². The van der Waals surface area contributed by atoms with Crippen molar-refractivity contribution in [3.63, 3.8) is 0 Å². The fourth-order valence-electron chi connectivity index (χ4n) is 4.84. The lowest BCUT2D eigenvalue weighted by Crippen LogP contribution is -2.62. The van der Waals surface area contributed by atoms with Crippen molar-refractivity contribution < 1.29 is 24.2 Å².